The molecule has 10 nitrogen and oxygen atoms in total. The second-order valence-electron chi connectivity index (χ2n) is 8.28. The van der Waals surface area contributed by atoms with E-state index >= 15 is 0 Å². The monoisotopic (exact) mass is 428 g/mol. The third-order valence-corrected chi connectivity index (χ3v) is 6.97. The van der Waals surface area contributed by atoms with Crippen molar-refractivity contribution in [2.24, 2.45) is 11.7 Å². The normalized spacial score (nSPS) is 33.5. The minimum absolute atomic E-state index is 0.0231. The van der Waals surface area contributed by atoms with Gasteiger partial charge in [-0.05, 0) is 26.1 Å². The van der Waals surface area contributed by atoms with Gasteiger partial charge in [0.1, 0.15) is 12.4 Å². The molecule has 1 unspecified atom stereocenters. The molecule has 31 heavy (non-hydrogen) atoms. The lowest BCUT2D eigenvalue weighted by atomic mass is 9.82. The molecule has 2 saturated heterocycles. The molecule has 5 rings (SSSR count). The summed E-state index contributed by atoms with van der Waals surface area (Å²) in [5.41, 5.74) is 5.45. The molecule has 4 aliphatic rings. The summed E-state index contributed by atoms with van der Waals surface area (Å²) in [7, 11) is 3.53. The first-order valence-corrected chi connectivity index (χ1v) is 10.1. The fraction of sp³-hybridized carbons (Fsp3) is 0.476. The van der Waals surface area contributed by atoms with Gasteiger partial charge in [0.15, 0.2) is 5.72 Å². The van der Waals surface area contributed by atoms with Gasteiger partial charge in [-0.25, -0.2) is 4.79 Å². The zero-order valence-corrected chi connectivity index (χ0v) is 17.5. The Kier molecular flexibility index (Phi) is 4.28. The topological polar surface area (TPSA) is 127 Å². The second-order valence-corrected chi connectivity index (χ2v) is 8.28. The minimum atomic E-state index is -0.971. The summed E-state index contributed by atoms with van der Waals surface area (Å²) in [4.78, 5) is 42.5. The van der Waals surface area contributed by atoms with E-state index in [1.165, 1.54) is 0 Å². The maximum absolute atomic E-state index is 13.6. The van der Waals surface area contributed by atoms with Crippen molar-refractivity contribution in [1.82, 2.24) is 15.1 Å². The molecule has 0 spiro atoms. The van der Waals surface area contributed by atoms with Crippen molar-refractivity contribution < 1.29 is 28.3 Å². The number of carbonyl (C=O) groups excluding carboxylic acids is 3. The number of ether oxygens (including phenoxy) is 2. The summed E-state index contributed by atoms with van der Waals surface area (Å²) in [6.07, 6.45) is 0.600. The smallest absolute Gasteiger partial charge is 0.404 e. The molecule has 1 aliphatic carbocycles. The number of hydrogen-bond donors (Lipinski definition) is 2. The van der Waals surface area contributed by atoms with Crippen LogP contribution in [0.1, 0.15) is 12.7 Å². The summed E-state index contributed by atoms with van der Waals surface area (Å²) in [5.74, 6) is -0.549. The third kappa shape index (κ3) is 2.55. The van der Waals surface area contributed by atoms with Gasteiger partial charge in [0.2, 0.25) is 11.6 Å². The van der Waals surface area contributed by atoms with E-state index in [1.54, 1.807) is 32.4 Å². The van der Waals surface area contributed by atoms with Crippen LogP contribution in [0.5, 0.6) is 0 Å². The molecule has 2 fully saturated rings. The number of methoxy groups -OCH3 is 1. The first kappa shape index (κ1) is 19.8. The van der Waals surface area contributed by atoms with E-state index in [9.17, 15) is 14.4 Å². The number of hydrogen-bond acceptors (Lipinski definition) is 9. The van der Waals surface area contributed by atoms with Crippen molar-refractivity contribution in [2.45, 2.75) is 31.3 Å². The standard InChI is InChI=1S/C21H24N4O6/c1-10-15(23-7-11-5-4-6-30-11)18(27)14-12(9-31-20(22)28)21(29-3)19-13(24(19)2)8-25(21)16(14)17(10)26/h4-6,12-13,19,23H,7-9H2,1-3H3,(H2,22,28)/t12-,13+,19+,21-,24?/m0/s1. The molecule has 1 amide bonds. The summed E-state index contributed by atoms with van der Waals surface area (Å²) in [5, 5.41) is 3.06. The number of nitrogens with one attached hydrogen (secondary N) is 1. The molecule has 0 aromatic carbocycles. The maximum atomic E-state index is 13.6. The van der Waals surface area contributed by atoms with E-state index in [0.717, 1.165) is 0 Å². The van der Waals surface area contributed by atoms with E-state index < -0.39 is 17.7 Å². The molecule has 10 heteroatoms. The first-order valence-electron chi connectivity index (χ1n) is 10.1. The van der Waals surface area contributed by atoms with Crippen molar-refractivity contribution >= 4 is 17.7 Å². The number of furan rings is 1. The molecule has 1 aromatic heterocycles. The van der Waals surface area contributed by atoms with Gasteiger partial charge in [-0.15, -0.1) is 0 Å². The number of piperazine rings is 1. The SMILES string of the molecule is CO[C@]12[C@@H](COC(N)=O)C3=C(C(=O)C(C)=C(NCc4ccco4)C3=O)N1C[C@@H]1[C@H]2N1C. The molecule has 4 heterocycles. The summed E-state index contributed by atoms with van der Waals surface area (Å²) in [6, 6.07) is 3.71. The number of amides is 1. The number of carbonyl (C=O) groups is 3. The highest BCUT2D eigenvalue weighted by Crippen LogP contribution is 2.59. The lowest BCUT2D eigenvalue weighted by Crippen LogP contribution is -2.55. The van der Waals surface area contributed by atoms with Crippen LogP contribution >= 0.6 is 0 Å². The largest absolute Gasteiger partial charge is 0.467 e. The summed E-state index contributed by atoms with van der Waals surface area (Å²) >= 11 is 0. The van der Waals surface area contributed by atoms with Crippen molar-refractivity contribution in [3.05, 3.63) is 46.7 Å². The highest BCUT2D eigenvalue weighted by Gasteiger charge is 2.75. The summed E-state index contributed by atoms with van der Waals surface area (Å²) in [6.45, 7) is 2.30. The number of likely N-dealkylation sites (N-methyl/N-ethyl adjacent to an activating group) is 1. The van der Waals surface area contributed by atoms with Crippen LogP contribution in [-0.2, 0) is 25.6 Å². The van der Waals surface area contributed by atoms with Crippen LogP contribution in [0.4, 0.5) is 4.79 Å². The number of rotatable bonds is 6. The molecule has 0 saturated carbocycles. The quantitative estimate of drug-likeness (QED) is 0.479. The van der Waals surface area contributed by atoms with Gasteiger partial charge in [-0.2, -0.15) is 0 Å². The maximum Gasteiger partial charge on any atom is 0.404 e. The molecule has 164 valence electrons. The van der Waals surface area contributed by atoms with Gasteiger partial charge in [-0.1, -0.05) is 0 Å². The molecule has 1 aromatic rings. The number of Topliss-reactive ketones (excluding diaryl/α,β-unsaturated/α-hetero) is 2. The van der Waals surface area contributed by atoms with E-state index in [4.69, 9.17) is 19.6 Å². The fourth-order valence-corrected chi connectivity index (χ4v) is 5.52. The van der Waals surface area contributed by atoms with Crippen LogP contribution in [0, 0.1) is 5.92 Å². The van der Waals surface area contributed by atoms with Gasteiger partial charge in [0.25, 0.3) is 0 Å². The van der Waals surface area contributed by atoms with Crippen LogP contribution in [0.2, 0.25) is 0 Å². The Morgan fingerprint density at radius 3 is 2.81 bits per heavy atom. The van der Waals surface area contributed by atoms with Crippen LogP contribution < -0.4 is 11.1 Å². The second kappa shape index (κ2) is 6.69. The van der Waals surface area contributed by atoms with E-state index in [2.05, 4.69) is 10.2 Å². The molecule has 5 atom stereocenters. The molecule has 0 bridgehead atoms. The predicted molar refractivity (Wildman–Crippen MR) is 106 cm³/mol. The Morgan fingerprint density at radius 1 is 1.39 bits per heavy atom. The molecule has 0 radical (unpaired) electrons. The third-order valence-electron chi connectivity index (χ3n) is 6.97. The number of fused-ring (bicyclic) bond motifs is 4. The Bertz CT molecular complexity index is 1040. The molecular formula is C21H24N4O6. The number of nitrogens with two attached hydrogens (primary N) is 1. The van der Waals surface area contributed by atoms with Gasteiger partial charge in [0.05, 0.1) is 36.2 Å². The first-order chi connectivity index (χ1) is 14.8. The highest BCUT2D eigenvalue weighted by molar-refractivity contribution is 6.25. The molecule has 3 N–H and O–H groups in total. The van der Waals surface area contributed by atoms with E-state index in [1.807, 2.05) is 11.9 Å². The lowest BCUT2D eigenvalue weighted by molar-refractivity contribution is -0.144. The van der Waals surface area contributed by atoms with Crippen LogP contribution in [0.3, 0.4) is 0 Å². The zero-order chi connectivity index (χ0) is 22.1. The zero-order valence-electron chi connectivity index (χ0n) is 17.5. The number of ketones is 2. The van der Waals surface area contributed by atoms with Crippen molar-refractivity contribution in [1.29, 1.82) is 0 Å². The van der Waals surface area contributed by atoms with Gasteiger partial charge in [0, 0.05) is 30.8 Å². The Balaban J connectivity index is 1.54. The van der Waals surface area contributed by atoms with E-state index in [0.29, 0.717) is 29.1 Å². The number of primary amides is 1. The lowest BCUT2D eigenvalue weighted by Gasteiger charge is -2.40. The fourth-order valence-electron chi connectivity index (χ4n) is 5.52. The highest BCUT2D eigenvalue weighted by atomic mass is 16.6. The summed E-state index contributed by atoms with van der Waals surface area (Å²) < 4.78 is 16.5. The van der Waals surface area contributed by atoms with Crippen LogP contribution in [0.25, 0.3) is 0 Å². The van der Waals surface area contributed by atoms with Crippen LogP contribution in [0.15, 0.2) is 45.4 Å². The Hall–Kier alpha value is -3.11. The molecule has 3 aliphatic heterocycles. The van der Waals surface area contributed by atoms with Crippen molar-refractivity contribution in [3.8, 4) is 0 Å². The van der Waals surface area contributed by atoms with Gasteiger partial charge >= 0.3 is 6.09 Å². The van der Waals surface area contributed by atoms with Crippen molar-refractivity contribution in [3.63, 3.8) is 0 Å². The van der Waals surface area contributed by atoms with Gasteiger partial charge < -0.3 is 29.8 Å². The average Bonchev–Trinajstić information content (AvgIpc) is 3.15. The Labute approximate surface area is 178 Å². The van der Waals surface area contributed by atoms with Crippen molar-refractivity contribution in [2.75, 3.05) is 27.3 Å². The molecular weight excluding hydrogens is 404 g/mol. The van der Waals surface area contributed by atoms with Crippen LogP contribution in [-0.4, -0.2) is 72.6 Å². The van der Waals surface area contributed by atoms with E-state index in [-0.39, 0.29) is 42.5 Å². The minimum Gasteiger partial charge on any atom is -0.467 e. The van der Waals surface area contributed by atoms with Gasteiger partial charge in [-0.3, -0.25) is 14.5 Å². The average molecular weight is 428 g/mol. The Morgan fingerprint density at radius 2 is 2.16 bits per heavy atom. The predicted octanol–water partition coefficient (Wildman–Crippen LogP) is 0.115. The number of nitrogens with zero attached hydrogens (tertiary/aromatic N) is 2. The number of allylic oxidation sites excluding steroid dienone is 2.